The van der Waals surface area contributed by atoms with Crippen molar-refractivity contribution in [2.75, 3.05) is 27.9 Å². The van der Waals surface area contributed by atoms with Crippen LogP contribution in [0.5, 0.6) is 17.2 Å². The largest absolute Gasteiger partial charge is 0.493 e. The average molecular weight is 413 g/mol. The summed E-state index contributed by atoms with van der Waals surface area (Å²) in [4.78, 5) is 39.6. The Morgan fingerprint density at radius 3 is 2.33 bits per heavy atom. The van der Waals surface area contributed by atoms with Gasteiger partial charge in [0, 0.05) is 6.54 Å². The monoisotopic (exact) mass is 413 g/mol. The summed E-state index contributed by atoms with van der Waals surface area (Å²) in [5.74, 6) is 1.09. The van der Waals surface area contributed by atoms with Crippen LogP contribution in [-0.2, 0) is 17.8 Å². The molecule has 0 bridgehead atoms. The molecule has 1 amide bonds. The van der Waals surface area contributed by atoms with Crippen molar-refractivity contribution in [3.8, 4) is 17.2 Å². The van der Waals surface area contributed by atoms with Crippen LogP contribution in [0.3, 0.4) is 0 Å². The molecular formula is C21H23N3O6. The number of hydrogen-bond acceptors (Lipinski definition) is 6. The summed E-state index contributed by atoms with van der Waals surface area (Å²) in [6, 6.07) is 10.3. The maximum absolute atomic E-state index is 12.5. The molecule has 30 heavy (non-hydrogen) atoms. The first-order valence-corrected chi connectivity index (χ1v) is 9.26. The molecule has 2 aromatic carbocycles. The molecule has 0 saturated heterocycles. The number of methoxy groups -OCH3 is 3. The lowest BCUT2D eigenvalue weighted by molar-refractivity contribution is -0.121. The molecule has 2 N–H and O–H groups in total. The highest BCUT2D eigenvalue weighted by Crippen LogP contribution is 2.38. The van der Waals surface area contributed by atoms with Gasteiger partial charge in [-0.3, -0.25) is 14.2 Å². The van der Waals surface area contributed by atoms with E-state index in [0.717, 1.165) is 10.1 Å². The number of nitrogens with zero attached hydrogens (tertiary/aromatic N) is 1. The molecule has 0 saturated carbocycles. The van der Waals surface area contributed by atoms with Gasteiger partial charge in [-0.1, -0.05) is 12.1 Å². The van der Waals surface area contributed by atoms with Gasteiger partial charge in [-0.25, -0.2) is 4.79 Å². The Balaban J connectivity index is 1.68. The molecule has 0 aliphatic heterocycles. The van der Waals surface area contributed by atoms with Crippen molar-refractivity contribution >= 4 is 16.8 Å². The number of ether oxygens (including phenoxy) is 3. The minimum atomic E-state index is -0.626. The number of carbonyl (C=O) groups is 1. The lowest BCUT2D eigenvalue weighted by atomic mass is 10.1. The molecule has 1 aromatic heterocycles. The highest BCUT2D eigenvalue weighted by molar-refractivity contribution is 5.78. The molecule has 0 fully saturated rings. The number of aromatic nitrogens is 2. The maximum atomic E-state index is 12.5. The summed E-state index contributed by atoms with van der Waals surface area (Å²) in [7, 11) is 4.58. The van der Waals surface area contributed by atoms with Gasteiger partial charge >= 0.3 is 5.69 Å². The summed E-state index contributed by atoms with van der Waals surface area (Å²) >= 11 is 0. The highest BCUT2D eigenvalue weighted by Gasteiger charge is 2.14. The number of fused-ring (bicyclic) bond motifs is 1. The summed E-state index contributed by atoms with van der Waals surface area (Å²) in [5, 5.41) is 3.07. The van der Waals surface area contributed by atoms with Crippen LogP contribution in [0.15, 0.2) is 46.0 Å². The predicted octanol–water partition coefficient (Wildman–Crippen LogP) is 1.07. The van der Waals surface area contributed by atoms with Crippen molar-refractivity contribution in [3.63, 3.8) is 0 Å². The normalized spacial score (nSPS) is 10.6. The fourth-order valence-electron chi connectivity index (χ4n) is 3.17. The van der Waals surface area contributed by atoms with Gasteiger partial charge in [0.2, 0.25) is 11.7 Å². The smallest absolute Gasteiger partial charge is 0.329 e. The second-order valence-corrected chi connectivity index (χ2v) is 6.50. The minimum absolute atomic E-state index is 0.303. The van der Waals surface area contributed by atoms with E-state index in [9.17, 15) is 14.4 Å². The van der Waals surface area contributed by atoms with Gasteiger partial charge < -0.3 is 24.5 Å². The second-order valence-electron chi connectivity index (χ2n) is 6.50. The van der Waals surface area contributed by atoms with E-state index in [1.807, 2.05) is 0 Å². The Kier molecular flexibility index (Phi) is 6.41. The van der Waals surface area contributed by atoms with E-state index in [1.54, 1.807) is 36.4 Å². The zero-order chi connectivity index (χ0) is 21.7. The molecule has 0 radical (unpaired) electrons. The van der Waals surface area contributed by atoms with Crippen molar-refractivity contribution < 1.29 is 19.0 Å². The van der Waals surface area contributed by atoms with E-state index in [0.29, 0.717) is 41.1 Å². The second kappa shape index (κ2) is 9.17. The number of hydrogen-bond donors (Lipinski definition) is 2. The van der Waals surface area contributed by atoms with E-state index in [1.165, 1.54) is 21.3 Å². The summed E-state index contributed by atoms with van der Waals surface area (Å²) in [5.41, 5.74) is 0.171. The van der Waals surface area contributed by atoms with E-state index in [4.69, 9.17) is 14.2 Å². The van der Waals surface area contributed by atoms with Crippen LogP contribution < -0.4 is 30.8 Å². The number of aromatic amines is 1. The van der Waals surface area contributed by atoms with Crippen LogP contribution in [-0.4, -0.2) is 43.3 Å². The van der Waals surface area contributed by atoms with Crippen molar-refractivity contribution in [1.82, 2.24) is 14.9 Å². The van der Waals surface area contributed by atoms with Gasteiger partial charge in [0.1, 0.15) is 6.54 Å². The van der Waals surface area contributed by atoms with Crippen LogP contribution in [0.4, 0.5) is 0 Å². The Morgan fingerprint density at radius 2 is 1.70 bits per heavy atom. The molecule has 0 aliphatic rings. The predicted molar refractivity (Wildman–Crippen MR) is 112 cm³/mol. The molecule has 0 spiro atoms. The Morgan fingerprint density at radius 1 is 1.03 bits per heavy atom. The SMILES string of the molecule is COc1cc(CCNC(=O)Cn2c(=O)[nH]c3ccccc3c2=O)cc(OC)c1OC. The first kappa shape index (κ1) is 21.0. The topological polar surface area (TPSA) is 112 Å². The summed E-state index contributed by atoms with van der Waals surface area (Å²) in [6.45, 7) is -0.0635. The van der Waals surface area contributed by atoms with Gasteiger partial charge in [-0.15, -0.1) is 0 Å². The lowest BCUT2D eigenvalue weighted by Gasteiger charge is -2.14. The summed E-state index contributed by atoms with van der Waals surface area (Å²) < 4.78 is 16.8. The molecule has 0 unspecified atom stereocenters. The van der Waals surface area contributed by atoms with E-state index >= 15 is 0 Å². The first-order chi connectivity index (χ1) is 14.5. The molecule has 0 aliphatic carbocycles. The number of H-pyrrole nitrogens is 1. The molecule has 3 aromatic rings. The average Bonchev–Trinajstić information content (AvgIpc) is 2.75. The van der Waals surface area contributed by atoms with Crippen molar-refractivity contribution in [2.45, 2.75) is 13.0 Å². The van der Waals surface area contributed by atoms with Gasteiger partial charge in [0.05, 0.1) is 32.2 Å². The zero-order valence-corrected chi connectivity index (χ0v) is 17.0. The third kappa shape index (κ3) is 4.29. The van der Waals surface area contributed by atoms with Gasteiger partial charge in [-0.05, 0) is 36.2 Å². The number of nitrogens with one attached hydrogen (secondary N) is 2. The molecule has 158 valence electrons. The van der Waals surface area contributed by atoms with Crippen LogP contribution >= 0.6 is 0 Å². The van der Waals surface area contributed by atoms with Crippen molar-refractivity contribution in [3.05, 3.63) is 62.8 Å². The Hall–Kier alpha value is -3.75. The first-order valence-electron chi connectivity index (χ1n) is 9.26. The standard InChI is InChI=1S/C21H23N3O6/c1-28-16-10-13(11-17(29-2)19(16)30-3)8-9-22-18(25)12-24-20(26)14-6-4-5-7-15(14)23-21(24)27/h4-7,10-11H,8-9,12H2,1-3H3,(H,22,25)(H,23,27). The van der Waals surface area contributed by atoms with Gasteiger partial charge in [0.15, 0.2) is 11.5 Å². The fourth-order valence-corrected chi connectivity index (χ4v) is 3.17. The van der Waals surface area contributed by atoms with E-state index in [-0.39, 0.29) is 6.54 Å². The van der Waals surface area contributed by atoms with Gasteiger partial charge in [0.25, 0.3) is 5.56 Å². The number of para-hydroxylation sites is 1. The molecule has 1 heterocycles. The number of amides is 1. The molecule has 0 atom stereocenters. The number of benzene rings is 2. The van der Waals surface area contributed by atoms with E-state index in [2.05, 4.69) is 10.3 Å². The lowest BCUT2D eigenvalue weighted by Crippen LogP contribution is -2.41. The number of rotatable bonds is 8. The molecule has 9 heteroatoms. The Labute approximate surface area is 172 Å². The van der Waals surface area contributed by atoms with Crippen LogP contribution in [0, 0.1) is 0 Å². The van der Waals surface area contributed by atoms with E-state index < -0.39 is 17.2 Å². The van der Waals surface area contributed by atoms with Crippen LogP contribution in [0.25, 0.3) is 10.9 Å². The van der Waals surface area contributed by atoms with Crippen LogP contribution in [0.2, 0.25) is 0 Å². The molecular weight excluding hydrogens is 390 g/mol. The third-order valence-electron chi connectivity index (χ3n) is 4.65. The zero-order valence-electron chi connectivity index (χ0n) is 17.0. The fraction of sp³-hybridized carbons (Fsp3) is 0.286. The van der Waals surface area contributed by atoms with Crippen molar-refractivity contribution in [2.24, 2.45) is 0 Å². The Bertz CT molecular complexity index is 1160. The summed E-state index contributed by atoms with van der Waals surface area (Å²) in [6.07, 6.45) is 0.491. The maximum Gasteiger partial charge on any atom is 0.329 e. The minimum Gasteiger partial charge on any atom is -0.493 e. The van der Waals surface area contributed by atoms with Crippen molar-refractivity contribution in [1.29, 1.82) is 0 Å². The number of carbonyl (C=O) groups excluding carboxylic acids is 1. The molecule has 9 nitrogen and oxygen atoms in total. The highest BCUT2D eigenvalue weighted by atomic mass is 16.5. The quantitative estimate of drug-likeness (QED) is 0.572. The molecule has 3 rings (SSSR count). The van der Waals surface area contributed by atoms with Crippen LogP contribution in [0.1, 0.15) is 5.56 Å². The third-order valence-corrected chi connectivity index (χ3v) is 4.65. The van der Waals surface area contributed by atoms with Gasteiger partial charge in [-0.2, -0.15) is 0 Å².